The smallest absolute Gasteiger partial charge is 0.320 e. The molecule has 0 bridgehead atoms. The molecule has 0 fully saturated rings. The summed E-state index contributed by atoms with van der Waals surface area (Å²) in [5, 5.41) is 5.02. The number of carbonyl (C=O) groups is 1. The maximum atomic E-state index is 11.2. The van der Waals surface area contributed by atoms with E-state index in [4.69, 9.17) is 9.47 Å². The predicted octanol–water partition coefficient (Wildman–Crippen LogP) is 2.63. The number of pyridine rings is 1. The van der Waals surface area contributed by atoms with Crippen molar-refractivity contribution in [1.82, 2.24) is 10.3 Å². The maximum Gasteiger partial charge on any atom is 0.320 e. The van der Waals surface area contributed by atoms with Crippen molar-refractivity contribution in [3.05, 3.63) is 42.6 Å². The highest BCUT2D eigenvalue weighted by Gasteiger charge is 2.03. The first-order chi connectivity index (χ1) is 9.71. The molecule has 0 unspecified atom stereocenters. The van der Waals surface area contributed by atoms with Crippen LogP contribution in [-0.4, -0.2) is 25.2 Å². The second-order valence-electron chi connectivity index (χ2n) is 3.86. The Bertz CT molecular complexity index is 602. The monoisotopic (exact) mass is 273 g/mol. The number of benzene rings is 1. The summed E-state index contributed by atoms with van der Waals surface area (Å²) >= 11 is 0. The zero-order valence-corrected chi connectivity index (χ0v) is 11.2. The van der Waals surface area contributed by atoms with E-state index in [0.717, 1.165) is 0 Å². The Morgan fingerprint density at radius 2 is 1.90 bits per heavy atom. The van der Waals surface area contributed by atoms with Crippen LogP contribution in [0.4, 0.5) is 10.6 Å². The summed E-state index contributed by atoms with van der Waals surface area (Å²) in [7, 11) is 3.13. The highest BCUT2D eigenvalue weighted by molar-refractivity contribution is 5.88. The third kappa shape index (κ3) is 3.61. The lowest BCUT2D eigenvalue weighted by Gasteiger charge is -2.09. The second-order valence-corrected chi connectivity index (χ2v) is 3.86. The zero-order valence-electron chi connectivity index (χ0n) is 11.2. The van der Waals surface area contributed by atoms with Gasteiger partial charge in [0.15, 0.2) is 0 Å². The zero-order chi connectivity index (χ0) is 14.4. The molecule has 0 saturated heterocycles. The number of hydrogen-bond donors (Lipinski definition) is 2. The molecule has 1 aromatic heterocycles. The molecule has 104 valence electrons. The number of ether oxygens (including phenoxy) is 2. The van der Waals surface area contributed by atoms with Gasteiger partial charge in [-0.2, -0.15) is 0 Å². The molecule has 0 spiro atoms. The quantitative estimate of drug-likeness (QED) is 0.898. The van der Waals surface area contributed by atoms with E-state index >= 15 is 0 Å². The number of hydrogen-bond acceptors (Lipinski definition) is 4. The molecule has 6 heteroatoms. The minimum atomic E-state index is -0.337. The standard InChI is InChI=1S/C14H15N3O3/c1-15-14(18)17-13-9-12(6-7-16-13)20-11-5-3-4-10(8-11)19-2/h3-9H,1-2H3,(H2,15,16,17,18). The average molecular weight is 273 g/mol. The van der Waals surface area contributed by atoms with Crippen LogP contribution >= 0.6 is 0 Å². The summed E-state index contributed by atoms with van der Waals surface area (Å²) < 4.78 is 10.8. The van der Waals surface area contributed by atoms with Gasteiger partial charge in [-0.25, -0.2) is 9.78 Å². The summed E-state index contributed by atoms with van der Waals surface area (Å²) in [6.07, 6.45) is 1.56. The Hall–Kier alpha value is -2.76. The van der Waals surface area contributed by atoms with Crippen LogP contribution in [0.3, 0.4) is 0 Å². The summed E-state index contributed by atoms with van der Waals surface area (Å²) in [6, 6.07) is 10.2. The van der Waals surface area contributed by atoms with Crippen LogP contribution in [0.25, 0.3) is 0 Å². The topological polar surface area (TPSA) is 72.5 Å². The van der Waals surface area contributed by atoms with Crippen LogP contribution in [0.1, 0.15) is 0 Å². The number of urea groups is 1. The molecule has 20 heavy (non-hydrogen) atoms. The average Bonchev–Trinajstić information content (AvgIpc) is 2.47. The van der Waals surface area contributed by atoms with Gasteiger partial charge in [-0.3, -0.25) is 5.32 Å². The first kappa shape index (κ1) is 13.7. The van der Waals surface area contributed by atoms with Crippen molar-refractivity contribution in [3.63, 3.8) is 0 Å². The van der Waals surface area contributed by atoms with E-state index in [2.05, 4.69) is 15.6 Å². The van der Waals surface area contributed by atoms with E-state index in [9.17, 15) is 4.79 Å². The number of nitrogens with zero attached hydrogens (tertiary/aromatic N) is 1. The molecule has 6 nitrogen and oxygen atoms in total. The van der Waals surface area contributed by atoms with Gasteiger partial charge in [-0.15, -0.1) is 0 Å². The fourth-order valence-electron chi connectivity index (χ4n) is 1.52. The largest absolute Gasteiger partial charge is 0.497 e. The number of aromatic nitrogens is 1. The lowest BCUT2D eigenvalue weighted by Crippen LogP contribution is -2.24. The molecule has 0 atom stereocenters. The van der Waals surface area contributed by atoms with Gasteiger partial charge in [0, 0.05) is 25.4 Å². The van der Waals surface area contributed by atoms with Crippen LogP contribution in [0.2, 0.25) is 0 Å². The summed E-state index contributed by atoms with van der Waals surface area (Å²) in [5.41, 5.74) is 0. The number of amides is 2. The molecule has 2 rings (SSSR count). The van der Waals surface area contributed by atoms with Crippen molar-refractivity contribution in [3.8, 4) is 17.2 Å². The van der Waals surface area contributed by atoms with E-state index < -0.39 is 0 Å². The van der Waals surface area contributed by atoms with Crippen molar-refractivity contribution in [2.45, 2.75) is 0 Å². The molecule has 2 aromatic rings. The van der Waals surface area contributed by atoms with Gasteiger partial charge >= 0.3 is 6.03 Å². The highest BCUT2D eigenvalue weighted by atomic mass is 16.5. The number of carbonyl (C=O) groups excluding carboxylic acids is 1. The van der Waals surface area contributed by atoms with E-state index in [1.54, 1.807) is 31.5 Å². The van der Waals surface area contributed by atoms with Crippen LogP contribution in [0, 0.1) is 0 Å². The van der Waals surface area contributed by atoms with Crippen molar-refractivity contribution >= 4 is 11.8 Å². The fraction of sp³-hybridized carbons (Fsp3) is 0.143. The molecule has 1 aromatic carbocycles. The Balaban J connectivity index is 2.12. The van der Waals surface area contributed by atoms with E-state index in [1.165, 1.54) is 7.05 Å². The Kier molecular flexibility index (Phi) is 4.39. The first-order valence-corrected chi connectivity index (χ1v) is 5.98. The normalized spacial score (nSPS) is 9.70. The van der Waals surface area contributed by atoms with E-state index in [-0.39, 0.29) is 6.03 Å². The summed E-state index contributed by atoms with van der Waals surface area (Å²) in [4.78, 5) is 15.2. The SMILES string of the molecule is CNC(=O)Nc1cc(Oc2cccc(OC)c2)ccn1. The highest BCUT2D eigenvalue weighted by Crippen LogP contribution is 2.25. The van der Waals surface area contributed by atoms with E-state index in [0.29, 0.717) is 23.1 Å². The number of nitrogens with one attached hydrogen (secondary N) is 2. The lowest BCUT2D eigenvalue weighted by molar-refractivity contribution is 0.254. The molecule has 1 heterocycles. The van der Waals surface area contributed by atoms with Gasteiger partial charge in [0.2, 0.25) is 0 Å². The van der Waals surface area contributed by atoms with Crippen molar-refractivity contribution in [2.24, 2.45) is 0 Å². The molecule has 0 aliphatic rings. The van der Waals surface area contributed by atoms with E-state index in [1.807, 2.05) is 18.2 Å². The van der Waals surface area contributed by atoms with Crippen molar-refractivity contribution in [2.75, 3.05) is 19.5 Å². The third-order valence-electron chi connectivity index (χ3n) is 2.48. The summed E-state index contributed by atoms with van der Waals surface area (Å²) in [5.74, 6) is 2.33. The van der Waals surface area contributed by atoms with Crippen LogP contribution in [0.15, 0.2) is 42.6 Å². The van der Waals surface area contributed by atoms with Crippen molar-refractivity contribution < 1.29 is 14.3 Å². The van der Waals surface area contributed by atoms with Gasteiger partial charge in [0.1, 0.15) is 23.1 Å². The number of rotatable bonds is 4. The molecule has 0 aliphatic carbocycles. The summed E-state index contributed by atoms with van der Waals surface area (Å²) in [6.45, 7) is 0. The Morgan fingerprint density at radius 3 is 2.65 bits per heavy atom. The fourth-order valence-corrected chi connectivity index (χ4v) is 1.52. The van der Waals surface area contributed by atoms with Crippen LogP contribution in [-0.2, 0) is 0 Å². The molecule has 0 radical (unpaired) electrons. The van der Waals surface area contributed by atoms with Gasteiger partial charge < -0.3 is 14.8 Å². The molecule has 0 aliphatic heterocycles. The number of anilines is 1. The van der Waals surface area contributed by atoms with Gasteiger partial charge in [0.25, 0.3) is 0 Å². The molecular formula is C14H15N3O3. The maximum absolute atomic E-state index is 11.2. The van der Waals surface area contributed by atoms with Crippen molar-refractivity contribution in [1.29, 1.82) is 0 Å². The van der Waals surface area contributed by atoms with Gasteiger partial charge in [-0.05, 0) is 18.2 Å². The number of methoxy groups -OCH3 is 1. The lowest BCUT2D eigenvalue weighted by atomic mass is 10.3. The van der Waals surface area contributed by atoms with Gasteiger partial charge in [-0.1, -0.05) is 6.07 Å². The Morgan fingerprint density at radius 1 is 1.15 bits per heavy atom. The Labute approximate surface area is 116 Å². The molecular weight excluding hydrogens is 258 g/mol. The second kappa shape index (κ2) is 6.42. The first-order valence-electron chi connectivity index (χ1n) is 5.98. The molecule has 0 saturated carbocycles. The molecule has 2 amide bonds. The van der Waals surface area contributed by atoms with Gasteiger partial charge in [0.05, 0.1) is 7.11 Å². The minimum absolute atomic E-state index is 0.337. The third-order valence-corrected chi connectivity index (χ3v) is 2.48. The minimum Gasteiger partial charge on any atom is -0.497 e. The van der Waals surface area contributed by atoms with Crippen LogP contribution < -0.4 is 20.1 Å². The van der Waals surface area contributed by atoms with Crippen LogP contribution in [0.5, 0.6) is 17.2 Å². The predicted molar refractivity (Wildman–Crippen MR) is 75.4 cm³/mol. The molecule has 2 N–H and O–H groups in total.